The number of rotatable bonds is 7. The van der Waals surface area contributed by atoms with Crippen LogP contribution in [-0.4, -0.2) is 29.8 Å². The molecule has 1 N–H and O–H groups in total. The predicted molar refractivity (Wildman–Crippen MR) is 72.8 cm³/mol. The van der Waals surface area contributed by atoms with Crippen LogP contribution in [0, 0.1) is 11.8 Å². The lowest BCUT2D eigenvalue weighted by atomic mass is 10.0. The number of hydrogen-bond donors (Lipinski definition) is 1. The van der Waals surface area contributed by atoms with Gasteiger partial charge in [-0.25, -0.2) is 0 Å². The molecule has 0 saturated carbocycles. The van der Waals surface area contributed by atoms with Gasteiger partial charge in [0.05, 0.1) is 0 Å². The highest BCUT2D eigenvalue weighted by atomic mass is 16.5. The van der Waals surface area contributed by atoms with Gasteiger partial charge in [0.25, 0.3) is 0 Å². The summed E-state index contributed by atoms with van der Waals surface area (Å²) in [7, 11) is 0. The minimum atomic E-state index is -0.0596. The van der Waals surface area contributed by atoms with E-state index in [0.717, 1.165) is 37.7 Å². The molecule has 0 bridgehead atoms. The zero-order valence-corrected chi connectivity index (χ0v) is 12.2. The van der Waals surface area contributed by atoms with Gasteiger partial charge in [0.15, 0.2) is 0 Å². The molecule has 1 aliphatic heterocycles. The molecule has 1 fully saturated rings. The molecule has 2 atom stereocenters. The Balaban J connectivity index is 1.89. The summed E-state index contributed by atoms with van der Waals surface area (Å²) in [5, 5.41) is 7.45. The number of hydrogen-bond acceptors (Lipinski definition) is 5. The Morgan fingerprint density at radius 2 is 2.32 bits per heavy atom. The molecule has 1 aromatic rings. The second-order valence-corrected chi connectivity index (χ2v) is 5.56. The molecule has 0 spiro atoms. The Morgan fingerprint density at radius 1 is 1.47 bits per heavy atom. The monoisotopic (exact) mass is 267 g/mol. The van der Waals surface area contributed by atoms with Gasteiger partial charge in [0, 0.05) is 13.0 Å². The van der Waals surface area contributed by atoms with E-state index in [2.05, 4.69) is 29.3 Å². The van der Waals surface area contributed by atoms with Crippen LogP contribution in [0.2, 0.25) is 0 Å². The number of aromatic nitrogens is 2. The van der Waals surface area contributed by atoms with Crippen molar-refractivity contribution < 1.29 is 9.26 Å². The van der Waals surface area contributed by atoms with Crippen molar-refractivity contribution in [1.29, 1.82) is 0 Å². The Kier molecular flexibility index (Phi) is 5.34. The van der Waals surface area contributed by atoms with E-state index in [1.807, 2.05) is 6.92 Å². The summed E-state index contributed by atoms with van der Waals surface area (Å²) in [6.07, 6.45) is 3.19. The van der Waals surface area contributed by atoms with Crippen molar-refractivity contribution in [3.8, 4) is 0 Å². The lowest BCUT2D eigenvalue weighted by molar-refractivity contribution is 0.0217. The van der Waals surface area contributed by atoms with Gasteiger partial charge < -0.3 is 14.6 Å². The fraction of sp³-hybridized carbons (Fsp3) is 0.857. The molecular weight excluding hydrogens is 242 g/mol. The molecule has 0 aliphatic carbocycles. The third kappa shape index (κ3) is 4.01. The Labute approximate surface area is 115 Å². The molecule has 2 heterocycles. The van der Waals surface area contributed by atoms with Gasteiger partial charge in [-0.2, -0.15) is 4.98 Å². The Morgan fingerprint density at radius 3 is 2.95 bits per heavy atom. The largest absolute Gasteiger partial charge is 0.370 e. The van der Waals surface area contributed by atoms with E-state index in [0.29, 0.717) is 18.3 Å². The van der Waals surface area contributed by atoms with E-state index >= 15 is 0 Å². The number of nitrogens with one attached hydrogen (secondary N) is 1. The van der Waals surface area contributed by atoms with E-state index in [9.17, 15) is 0 Å². The summed E-state index contributed by atoms with van der Waals surface area (Å²) in [6.45, 7) is 9.14. The minimum absolute atomic E-state index is 0.0596. The number of aryl methyl sites for hydroxylation is 1. The highest BCUT2D eigenvalue weighted by Crippen LogP contribution is 2.24. The van der Waals surface area contributed by atoms with Crippen molar-refractivity contribution in [1.82, 2.24) is 15.5 Å². The smallest absolute Gasteiger partial charge is 0.226 e. The Bertz CT molecular complexity index is 373. The molecule has 5 nitrogen and oxygen atoms in total. The first-order chi connectivity index (χ1) is 9.20. The zero-order valence-electron chi connectivity index (χ0n) is 12.2. The van der Waals surface area contributed by atoms with Gasteiger partial charge >= 0.3 is 0 Å². The topological polar surface area (TPSA) is 60.2 Å². The first-order valence-electron chi connectivity index (χ1n) is 7.35. The van der Waals surface area contributed by atoms with Crippen LogP contribution < -0.4 is 5.32 Å². The van der Waals surface area contributed by atoms with Crippen molar-refractivity contribution >= 4 is 0 Å². The molecule has 0 amide bonds. The van der Waals surface area contributed by atoms with Crippen molar-refractivity contribution in [2.45, 2.75) is 46.1 Å². The van der Waals surface area contributed by atoms with E-state index in [4.69, 9.17) is 9.26 Å². The van der Waals surface area contributed by atoms with Crippen LogP contribution in [0.15, 0.2) is 4.52 Å². The van der Waals surface area contributed by atoms with Gasteiger partial charge in [-0.3, -0.25) is 0 Å². The molecule has 2 unspecified atom stereocenters. The summed E-state index contributed by atoms with van der Waals surface area (Å²) in [5.41, 5.74) is 0. The molecule has 2 rings (SSSR count). The maximum Gasteiger partial charge on any atom is 0.226 e. The Hall–Kier alpha value is -0.940. The van der Waals surface area contributed by atoms with Crippen LogP contribution in [0.3, 0.4) is 0 Å². The summed E-state index contributed by atoms with van der Waals surface area (Å²) in [4.78, 5) is 4.49. The summed E-state index contributed by atoms with van der Waals surface area (Å²) >= 11 is 0. The summed E-state index contributed by atoms with van der Waals surface area (Å²) < 4.78 is 11.0. The van der Waals surface area contributed by atoms with E-state index in [1.165, 1.54) is 6.42 Å². The molecule has 1 aromatic heterocycles. The molecule has 0 aromatic carbocycles. The van der Waals surface area contributed by atoms with Crippen LogP contribution in [-0.2, 0) is 11.2 Å². The normalized spacial score (nSPS) is 21.2. The SMILES string of the molecule is CCOC(c1noc(CCC2CCNC2)n1)C(C)C. The van der Waals surface area contributed by atoms with Crippen molar-refractivity contribution in [2.24, 2.45) is 11.8 Å². The van der Waals surface area contributed by atoms with Gasteiger partial charge in [-0.15, -0.1) is 0 Å². The first kappa shape index (κ1) is 14.5. The van der Waals surface area contributed by atoms with Crippen molar-refractivity contribution in [3.05, 3.63) is 11.7 Å². The van der Waals surface area contributed by atoms with E-state index < -0.39 is 0 Å². The van der Waals surface area contributed by atoms with E-state index in [1.54, 1.807) is 0 Å². The summed E-state index contributed by atoms with van der Waals surface area (Å²) in [5.74, 6) is 2.54. The standard InChI is InChI=1S/C14H25N3O2/c1-4-18-13(10(2)3)14-16-12(19-17-14)6-5-11-7-8-15-9-11/h10-11,13,15H,4-9H2,1-3H3. The maximum atomic E-state index is 5.69. The van der Waals surface area contributed by atoms with Gasteiger partial charge in [-0.1, -0.05) is 19.0 Å². The molecule has 1 aliphatic rings. The van der Waals surface area contributed by atoms with Crippen molar-refractivity contribution in [2.75, 3.05) is 19.7 Å². The first-order valence-corrected chi connectivity index (χ1v) is 7.35. The van der Waals surface area contributed by atoms with E-state index in [-0.39, 0.29) is 6.10 Å². The van der Waals surface area contributed by atoms with Gasteiger partial charge in [-0.05, 0) is 44.7 Å². The van der Waals surface area contributed by atoms with Gasteiger partial charge in [0.1, 0.15) is 6.10 Å². The average molecular weight is 267 g/mol. The van der Waals surface area contributed by atoms with Crippen LogP contribution in [0.25, 0.3) is 0 Å². The van der Waals surface area contributed by atoms with Crippen LogP contribution >= 0.6 is 0 Å². The summed E-state index contributed by atoms with van der Waals surface area (Å²) in [6, 6.07) is 0. The second kappa shape index (κ2) is 7.01. The van der Waals surface area contributed by atoms with Crippen LogP contribution in [0.5, 0.6) is 0 Å². The number of ether oxygens (including phenoxy) is 1. The fourth-order valence-electron chi connectivity index (χ4n) is 2.52. The average Bonchev–Trinajstić information content (AvgIpc) is 3.04. The molecule has 19 heavy (non-hydrogen) atoms. The quantitative estimate of drug-likeness (QED) is 0.821. The minimum Gasteiger partial charge on any atom is -0.370 e. The molecule has 1 saturated heterocycles. The molecule has 0 radical (unpaired) electrons. The third-order valence-electron chi connectivity index (χ3n) is 3.62. The van der Waals surface area contributed by atoms with Crippen LogP contribution in [0.1, 0.15) is 51.4 Å². The molecular formula is C14H25N3O2. The zero-order chi connectivity index (χ0) is 13.7. The highest BCUT2D eigenvalue weighted by Gasteiger charge is 2.22. The fourth-order valence-corrected chi connectivity index (χ4v) is 2.52. The second-order valence-electron chi connectivity index (χ2n) is 5.56. The van der Waals surface area contributed by atoms with Crippen molar-refractivity contribution in [3.63, 3.8) is 0 Å². The lowest BCUT2D eigenvalue weighted by Crippen LogP contribution is -2.13. The number of nitrogens with zero attached hydrogens (tertiary/aromatic N) is 2. The highest BCUT2D eigenvalue weighted by molar-refractivity contribution is 4.93. The third-order valence-corrected chi connectivity index (χ3v) is 3.62. The van der Waals surface area contributed by atoms with Crippen LogP contribution in [0.4, 0.5) is 0 Å². The predicted octanol–water partition coefficient (Wildman–Crippen LogP) is 2.35. The lowest BCUT2D eigenvalue weighted by Gasteiger charge is -2.16. The maximum absolute atomic E-state index is 5.69. The molecule has 5 heteroatoms. The van der Waals surface area contributed by atoms with Gasteiger partial charge in [0.2, 0.25) is 11.7 Å². The molecule has 108 valence electrons.